The zero-order valence-electron chi connectivity index (χ0n) is 11.0. The SMILES string of the molecule is CCOC(CCOc1cc(F)c([N+](=O)[O-])cc1F)C(=O)O. The second-order valence-corrected chi connectivity index (χ2v) is 3.91. The zero-order valence-corrected chi connectivity index (χ0v) is 11.0. The molecule has 7 nitrogen and oxygen atoms in total. The van der Waals surface area contributed by atoms with Gasteiger partial charge in [-0.05, 0) is 6.92 Å². The first-order valence-electron chi connectivity index (χ1n) is 5.97. The van der Waals surface area contributed by atoms with E-state index in [0.29, 0.717) is 12.1 Å². The van der Waals surface area contributed by atoms with Crippen LogP contribution in [-0.2, 0) is 9.53 Å². The molecule has 1 N–H and O–H groups in total. The van der Waals surface area contributed by atoms with E-state index in [9.17, 15) is 23.7 Å². The number of hydrogen-bond donors (Lipinski definition) is 1. The van der Waals surface area contributed by atoms with Gasteiger partial charge in [0.15, 0.2) is 17.7 Å². The van der Waals surface area contributed by atoms with Crippen LogP contribution in [0, 0.1) is 21.7 Å². The van der Waals surface area contributed by atoms with E-state index in [4.69, 9.17) is 14.6 Å². The molecule has 1 rings (SSSR count). The molecule has 0 radical (unpaired) electrons. The molecule has 0 saturated carbocycles. The molecule has 1 unspecified atom stereocenters. The minimum atomic E-state index is -1.24. The molecule has 1 aromatic carbocycles. The van der Waals surface area contributed by atoms with E-state index in [2.05, 4.69) is 0 Å². The van der Waals surface area contributed by atoms with Crippen molar-refractivity contribution in [2.75, 3.05) is 13.2 Å². The molecule has 0 bridgehead atoms. The van der Waals surface area contributed by atoms with Gasteiger partial charge >= 0.3 is 11.7 Å². The summed E-state index contributed by atoms with van der Waals surface area (Å²) in [7, 11) is 0. The number of aliphatic carboxylic acids is 1. The first-order chi connectivity index (χ1) is 9.86. The fourth-order valence-electron chi connectivity index (χ4n) is 1.52. The fraction of sp³-hybridized carbons (Fsp3) is 0.417. The number of rotatable bonds is 8. The van der Waals surface area contributed by atoms with Crippen LogP contribution in [0.5, 0.6) is 5.75 Å². The second-order valence-electron chi connectivity index (χ2n) is 3.91. The molecule has 9 heteroatoms. The van der Waals surface area contributed by atoms with Gasteiger partial charge in [-0.2, -0.15) is 4.39 Å². The average Bonchev–Trinajstić information content (AvgIpc) is 2.40. The monoisotopic (exact) mass is 305 g/mol. The van der Waals surface area contributed by atoms with Crippen molar-refractivity contribution in [2.24, 2.45) is 0 Å². The predicted molar refractivity (Wildman–Crippen MR) is 66.2 cm³/mol. The Balaban J connectivity index is 2.70. The number of halogens is 2. The molecule has 0 aromatic heterocycles. The van der Waals surface area contributed by atoms with Crippen LogP contribution < -0.4 is 4.74 Å². The van der Waals surface area contributed by atoms with Crippen molar-refractivity contribution < 1.29 is 33.1 Å². The molecule has 0 amide bonds. The number of carbonyl (C=O) groups is 1. The molecule has 0 fully saturated rings. The molecule has 0 aliphatic heterocycles. The summed E-state index contributed by atoms with van der Waals surface area (Å²) in [6.07, 6.45) is -1.21. The molecule has 0 aliphatic carbocycles. The van der Waals surface area contributed by atoms with Crippen molar-refractivity contribution in [3.05, 3.63) is 33.9 Å². The normalized spacial score (nSPS) is 12.0. The zero-order chi connectivity index (χ0) is 16.0. The maximum absolute atomic E-state index is 13.5. The second kappa shape index (κ2) is 7.48. The van der Waals surface area contributed by atoms with Gasteiger partial charge in [0.05, 0.1) is 17.6 Å². The summed E-state index contributed by atoms with van der Waals surface area (Å²) in [4.78, 5) is 20.1. The Morgan fingerprint density at radius 1 is 1.43 bits per heavy atom. The maximum atomic E-state index is 13.5. The third-order valence-electron chi connectivity index (χ3n) is 2.48. The van der Waals surface area contributed by atoms with Crippen LogP contribution in [0.15, 0.2) is 12.1 Å². The number of ether oxygens (including phenoxy) is 2. The van der Waals surface area contributed by atoms with E-state index in [-0.39, 0.29) is 19.6 Å². The van der Waals surface area contributed by atoms with E-state index in [1.54, 1.807) is 6.92 Å². The minimum Gasteiger partial charge on any atom is -0.490 e. The highest BCUT2D eigenvalue weighted by Gasteiger charge is 2.21. The Labute approximate surface area is 118 Å². The van der Waals surface area contributed by atoms with Crippen molar-refractivity contribution >= 4 is 11.7 Å². The van der Waals surface area contributed by atoms with E-state index in [0.717, 1.165) is 0 Å². The van der Waals surface area contributed by atoms with Crippen LogP contribution in [0.1, 0.15) is 13.3 Å². The van der Waals surface area contributed by atoms with Crippen molar-refractivity contribution in [2.45, 2.75) is 19.4 Å². The number of nitro benzene ring substituents is 1. The van der Waals surface area contributed by atoms with Crippen molar-refractivity contribution in [3.8, 4) is 5.75 Å². The standard InChI is InChI=1S/C12H13F2NO6/c1-2-20-10(12(16)17)3-4-21-11-6-7(13)9(15(18)19)5-8(11)14/h5-6,10H,2-4H2,1H3,(H,16,17). The number of carboxylic acids is 1. The number of benzene rings is 1. The van der Waals surface area contributed by atoms with Crippen molar-refractivity contribution in [1.29, 1.82) is 0 Å². The van der Waals surface area contributed by atoms with Crippen LogP contribution in [-0.4, -0.2) is 35.3 Å². The summed E-state index contributed by atoms with van der Waals surface area (Å²) in [5, 5.41) is 19.2. The maximum Gasteiger partial charge on any atom is 0.332 e. The highest BCUT2D eigenvalue weighted by Crippen LogP contribution is 2.26. The van der Waals surface area contributed by atoms with Crippen LogP contribution >= 0.6 is 0 Å². The third kappa shape index (κ3) is 4.63. The lowest BCUT2D eigenvalue weighted by molar-refractivity contribution is -0.387. The highest BCUT2D eigenvalue weighted by molar-refractivity contribution is 5.72. The quantitative estimate of drug-likeness (QED) is 0.583. The predicted octanol–water partition coefficient (Wildman–Crippen LogP) is 2.13. The number of hydrogen-bond acceptors (Lipinski definition) is 5. The van der Waals surface area contributed by atoms with Gasteiger partial charge < -0.3 is 14.6 Å². The smallest absolute Gasteiger partial charge is 0.332 e. The van der Waals surface area contributed by atoms with Crippen LogP contribution in [0.2, 0.25) is 0 Å². The van der Waals surface area contributed by atoms with Crippen LogP contribution in [0.4, 0.5) is 14.5 Å². The molecule has 21 heavy (non-hydrogen) atoms. The Morgan fingerprint density at radius 2 is 2.10 bits per heavy atom. The number of carboxylic acid groups (broad SMARTS) is 1. The summed E-state index contributed by atoms with van der Waals surface area (Å²) >= 11 is 0. The molecule has 1 atom stereocenters. The molecule has 0 aliphatic rings. The van der Waals surface area contributed by atoms with Gasteiger partial charge in [-0.1, -0.05) is 0 Å². The Bertz CT molecular complexity index is 537. The van der Waals surface area contributed by atoms with Crippen molar-refractivity contribution in [3.63, 3.8) is 0 Å². The first-order valence-corrected chi connectivity index (χ1v) is 5.97. The molecular weight excluding hydrogens is 292 g/mol. The molecule has 116 valence electrons. The van der Waals surface area contributed by atoms with Gasteiger partial charge in [-0.15, -0.1) is 0 Å². The van der Waals surface area contributed by atoms with E-state index in [1.165, 1.54) is 0 Å². The molecule has 0 heterocycles. The minimum absolute atomic E-state index is 0.0821. The lowest BCUT2D eigenvalue weighted by atomic mass is 10.2. The van der Waals surface area contributed by atoms with E-state index < -0.39 is 40.1 Å². The molecular formula is C12H13F2NO6. The fourth-order valence-corrected chi connectivity index (χ4v) is 1.52. The van der Waals surface area contributed by atoms with Gasteiger partial charge in [0.1, 0.15) is 0 Å². The van der Waals surface area contributed by atoms with E-state index >= 15 is 0 Å². The van der Waals surface area contributed by atoms with E-state index in [1.807, 2.05) is 0 Å². The lowest BCUT2D eigenvalue weighted by Crippen LogP contribution is -2.26. The summed E-state index contributed by atoms with van der Waals surface area (Å²) in [5.74, 6) is -4.07. The van der Waals surface area contributed by atoms with Crippen LogP contribution in [0.25, 0.3) is 0 Å². The first kappa shape index (κ1) is 16.8. The third-order valence-corrected chi connectivity index (χ3v) is 2.48. The van der Waals surface area contributed by atoms with Crippen molar-refractivity contribution in [1.82, 2.24) is 0 Å². The Morgan fingerprint density at radius 3 is 2.62 bits per heavy atom. The summed E-state index contributed by atoms with van der Waals surface area (Å²) in [6.45, 7) is 1.55. The number of nitro groups is 1. The molecule has 0 spiro atoms. The Kier molecular flexibility index (Phi) is 5.97. The topological polar surface area (TPSA) is 98.9 Å². The average molecular weight is 305 g/mol. The molecule has 1 aromatic rings. The summed E-state index contributed by atoms with van der Waals surface area (Å²) in [6, 6.07) is 0.950. The summed E-state index contributed by atoms with van der Waals surface area (Å²) in [5.41, 5.74) is -1.00. The Hall–Kier alpha value is -2.29. The molecule has 0 saturated heterocycles. The van der Waals surface area contributed by atoms with Gasteiger partial charge in [0.2, 0.25) is 5.82 Å². The largest absolute Gasteiger partial charge is 0.490 e. The highest BCUT2D eigenvalue weighted by atomic mass is 19.1. The van der Waals surface area contributed by atoms with Crippen LogP contribution in [0.3, 0.4) is 0 Å². The van der Waals surface area contributed by atoms with Gasteiger partial charge in [-0.3, -0.25) is 10.1 Å². The van der Waals surface area contributed by atoms with Gasteiger partial charge in [0, 0.05) is 19.1 Å². The lowest BCUT2D eigenvalue weighted by Gasteiger charge is -2.13. The van der Waals surface area contributed by atoms with Gasteiger partial charge in [-0.25, -0.2) is 9.18 Å². The number of nitrogens with zero attached hydrogens (tertiary/aromatic N) is 1. The summed E-state index contributed by atoms with van der Waals surface area (Å²) < 4.78 is 36.6. The van der Waals surface area contributed by atoms with Gasteiger partial charge in [0.25, 0.3) is 0 Å².